The molecule has 0 N–H and O–H groups in total. The number of carbonyl (C=O) groups is 3. The lowest BCUT2D eigenvalue weighted by Gasteiger charge is -2.45. The molecule has 9 heteroatoms. The van der Waals surface area contributed by atoms with Crippen LogP contribution in [0.4, 0.5) is 5.69 Å². The summed E-state index contributed by atoms with van der Waals surface area (Å²) in [5, 5.41) is 0. The normalized spacial score (nSPS) is 22.9. The van der Waals surface area contributed by atoms with Gasteiger partial charge in [0, 0.05) is 38.2 Å². The highest BCUT2D eigenvalue weighted by atomic mass is 16.5. The SMILES string of the molecule is COc1ccc2c(c1OC)C(=O)N1c3ccccc3C(=O)N(CCCCCC(=O)N(C)C[C@@H]3CCCN4CCCC[C@H]34)[C@H]21. The highest BCUT2D eigenvalue weighted by Gasteiger charge is 2.49. The Labute approximate surface area is 254 Å². The minimum Gasteiger partial charge on any atom is -0.493 e. The molecule has 4 aliphatic rings. The first-order valence-electron chi connectivity index (χ1n) is 15.9. The zero-order valence-electron chi connectivity index (χ0n) is 25.7. The van der Waals surface area contributed by atoms with Crippen molar-refractivity contribution < 1.29 is 23.9 Å². The molecule has 2 fully saturated rings. The number of piperidine rings is 2. The Morgan fingerprint density at radius 1 is 0.930 bits per heavy atom. The van der Waals surface area contributed by atoms with Gasteiger partial charge in [0.2, 0.25) is 5.91 Å². The predicted octanol–water partition coefficient (Wildman–Crippen LogP) is 5.10. The van der Waals surface area contributed by atoms with Crippen LogP contribution in [0, 0.1) is 5.92 Å². The van der Waals surface area contributed by atoms with E-state index in [0.29, 0.717) is 53.2 Å². The van der Waals surface area contributed by atoms with Crippen LogP contribution in [0.1, 0.15) is 90.2 Å². The number of anilines is 1. The third kappa shape index (κ3) is 5.37. The van der Waals surface area contributed by atoms with Gasteiger partial charge in [-0.25, -0.2) is 0 Å². The van der Waals surface area contributed by atoms with E-state index in [0.717, 1.165) is 31.4 Å². The van der Waals surface area contributed by atoms with Crippen LogP contribution in [0.15, 0.2) is 36.4 Å². The summed E-state index contributed by atoms with van der Waals surface area (Å²) in [5.74, 6) is 1.36. The molecule has 0 radical (unpaired) electrons. The number of hydrogen-bond donors (Lipinski definition) is 0. The van der Waals surface area contributed by atoms with E-state index in [1.165, 1.54) is 52.3 Å². The molecule has 6 rings (SSSR count). The molecule has 3 amide bonds. The number of carbonyl (C=O) groups excluding carboxylic acids is 3. The third-order valence-corrected chi connectivity index (χ3v) is 9.94. The Balaban J connectivity index is 1.09. The van der Waals surface area contributed by atoms with Gasteiger partial charge in [-0.3, -0.25) is 19.3 Å². The quantitative estimate of drug-likeness (QED) is 0.359. The maximum atomic E-state index is 13.8. The fraction of sp³-hybridized carbons (Fsp3) is 0.559. The molecule has 43 heavy (non-hydrogen) atoms. The zero-order chi connectivity index (χ0) is 30.1. The number of benzene rings is 2. The van der Waals surface area contributed by atoms with Crippen LogP contribution < -0.4 is 14.4 Å². The molecule has 9 nitrogen and oxygen atoms in total. The van der Waals surface area contributed by atoms with Gasteiger partial charge in [0.1, 0.15) is 6.17 Å². The molecule has 2 aromatic carbocycles. The molecule has 230 valence electrons. The second kappa shape index (κ2) is 12.6. The first-order chi connectivity index (χ1) is 20.9. The number of ether oxygens (including phenoxy) is 2. The molecule has 4 heterocycles. The Hall–Kier alpha value is -3.59. The molecule has 0 bridgehead atoms. The van der Waals surface area contributed by atoms with E-state index in [1.54, 1.807) is 29.0 Å². The van der Waals surface area contributed by atoms with E-state index >= 15 is 0 Å². The molecule has 0 spiro atoms. The van der Waals surface area contributed by atoms with Gasteiger partial charge < -0.3 is 24.2 Å². The van der Waals surface area contributed by atoms with Crippen molar-refractivity contribution >= 4 is 23.4 Å². The first-order valence-corrected chi connectivity index (χ1v) is 15.9. The van der Waals surface area contributed by atoms with Crippen molar-refractivity contribution in [3.8, 4) is 11.5 Å². The fourth-order valence-corrected chi connectivity index (χ4v) is 7.82. The summed E-state index contributed by atoms with van der Waals surface area (Å²) in [7, 11) is 5.03. The summed E-state index contributed by atoms with van der Waals surface area (Å²) in [4.78, 5) is 48.8. The lowest BCUT2D eigenvalue weighted by molar-refractivity contribution is -0.131. The molecule has 2 saturated heterocycles. The number of hydrogen-bond acceptors (Lipinski definition) is 6. The van der Waals surface area contributed by atoms with E-state index in [4.69, 9.17) is 9.47 Å². The van der Waals surface area contributed by atoms with Crippen molar-refractivity contribution in [2.45, 2.75) is 70.0 Å². The number of fused-ring (bicyclic) bond motifs is 6. The maximum absolute atomic E-state index is 13.8. The minimum absolute atomic E-state index is 0.0904. The first kappa shape index (κ1) is 29.5. The van der Waals surface area contributed by atoms with Crippen molar-refractivity contribution in [3.63, 3.8) is 0 Å². The van der Waals surface area contributed by atoms with Gasteiger partial charge in [-0.15, -0.1) is 0 Å². The molecule has 0 saturated carbocycles. The van der Waals surface area contributed by atoms with E-state index in [2.05, 4.69) is 4.90 Å². The molecule has 2 aromatic rings. The summed E-state index contributed by atoms with van der Waals surface area (Å²) in [6, 6.07) is 11.6. The summed E-state index contributed by atoms with van der Waals surface area (Å²) < 4.78 is 11.1. The summed E-state index contributed by atoms with van der Waals surface area (Å²) in [6.07, 6.45) is 8.63. The maximum Gasteiger partial charge on any atom is 0.264 e. The average molecular weight is 589 g/mol. The number of para-hydroxylation sites is 1. The molecular formula is C34H44N4O5. The fourth-order valence-electron chi connectivity index (χ4n) is 7.82. The highest BCUT2D eigenvalue weighted by molar-refractivity contribution is 6.18. The Morgan fingerprint density at radius 3 is 2.56 bits per heavy atom. The third-order valence-electron chi connectivity index (χ3n) is 9.94. The van der Waals surface area contributed by atoms with Crippen molar-refractivity contribution in [3.05, 3.63) is 53.1 Å². The highest BCUT2D eigenvalue weighted by Crippen LogP contribution is 2.49. The average Bonchev–Trinajstić information content (AvgIpc) is 3.33. The Kier molecular flexibility index (Phi) is 8.61. The molecule has 4 aliphatic heterocycles. The van der Waals surface area contributed by atoms with Gasteiger partial charge in [0.05, 0.1) is 31.0 Å². The number of nitrogens with zero attached hydrogens (tertiary/aromatic N) is 4. The van der Waals surface area contributed by atoms with Gasteiger partial charge in [-0.05, 0) is 75.7 Å². The second-order valence-corrected chi connectivity index (χ2v) is 12.4. The summed E-state index contributed by atoms with van der Waals surface area (Å²) in [5.41, 5.74) is 2.30. The van der Waals surface area contributed by atoms with Gasteiger partial charge >= 0.3 is 0 Å². The molecule has 0 unspecified atom stereocenters. The van der Waals surface area contributed by atoms with Crippen molar-refractivity contribution in [1.82, 2.24) is 14.7 Å². The number of methoxy groups -OCH3 is 2. The van der Waals surface area contributed by atoms with Crippen LogP contribution in [-0.2, 0) is 4.79 Å². The van der Waals surface area contributed by atoms with E-state index in [1.807, 2.05) is 36.2 Å². The monoisotopic (exact) mass is 588 g/mol. The van der Waals surface area contributed by atoms with Gasteiger partial charge in [0.25, 0.3) is 11.8 Å². The van der Waals surface area contributed by atoms with Crippen molar-refractivity contribution in [1.29, 1.82) is 0 Å². The van der Waals surface area contributed by atoms with Crippen molar-refractivity contribution in [2.24, 2.45) is 5.92 Å². The van der Waals surface area contributed by atoms with E-state index < -0.39 is 6.17 Å². The van der Waals surface area contributed by atoms with Crippen molar-refractivity contribution in [2.75, 3.05) is 52.3 Å². The molecule has 0 aromatic heterocycles. The smallest absolute Gasteiger partial charge is 0.264 e. The standard InChI is InChI=1S/C34H44N4O5/c1-35(22-23-12-11-20-36-19-10-8-14-26(23)36)29(39)16-5-4-9-21-37-32-25-17-18-28(42-2)31(43-3)30(25)34(41)38(32)27-15-7-6-13-24(27)33(37)40/h6-7,13,15,17-18,23,26,32H,4-5,8-12,14,16,19-22H2,1-3H3/t23-,26+,32-/m0/s1. The minimum atomic E-state index is -0.549. The van der Waals surface area contributed by atoms with Crippen LogP contribution in [0.25, 0.3) is 0 Å². The van der Waals surface area contributed by atoms with E-state index in [-0.39, 0.29) is 17.7 Å². The predicted molar refractivity (Wildman–Crippen MR) is 165 cm³/mol. The summed E-state index contributed by atoms with van der Waals surface area (Å²) in [6.45, 7) is 3.76. The van der Waals surface area contributed by atoms with E-state index in [9.17, 15) is 14.4 Å². The number of amides is 3. The van der Waals surface area contributed by atoms with Gasteiger partial charge in [0.15, 0.2) is 11.5 Å². The molecule has 0 aliphatic carbocycles. The lowest BCUT2D eigenvalue weighted by atomic mass is 9.83. The van der Waals surface area contributed by atoms with Crippen LogP contribution in [0.5, 0.6) is 11.5 Å². The number of unbranched alkanes of at least 4 members (excludes halogenated alkanes) is 2. The Bertz CT molecular complexity index is 1380. The molecule has 3 atom stereocenters. The lowest BCUT2D eigenvalue weighted by Crippen LogP contribution is -2.51. The van der Waals surface area contributed by atoms with Crippen LogP contribution in [-0.4, -0.2) is 85.9 Å². The number of rotatable bonds is 10. The summed E-state index contributed by atoms with van der Waals surface area (Å²) >= 11 is 0. The zero-order valence-corrected chi connectivity index (χ0v) is 25.7. The Morgan fingerprint density at radius 2 is 1.74 bits per heavy atom. The molecular weight excluding hydrogens is 544 g/mol. The van der Waals surface area contributed by atoms with Crippen LogP contribution in [0.2, 0.25) is 0 Å². The van der Waals surface area contributed by atoms with Gasteiger partial charge in [-0.2, -0.15) is 0 Å². The van der Waals surface area contributed by atoms with Crippen LogP contribution in [0.3, 0.4) is 0 Å². The topological polar surface area (TPSA) is 82.6 Å². The van der Waals surface area contributed by atoms with Crippen LogP contribution >= 0.6 is 0 Å². The largest absolute Gasteiger partial charge is 0.493 e. The second-order valence-electron chi connectivity index (χ2n) is 12.4. The van der Waals surface area contributed by atoms with Gasteiger partial charge in [-0.1, -0.05) is 31.0 Å².